The van der Waals surface area contributed by atoms with Crippen molar-refractivity contribution in [1.29, 1.82) is 0 Å². The van der Waals surface area contributed by atoms with Crippen LogP contribution in [-0.4, -0.2) is 57.5 Å². The van der Waals surface area contributed by atoms with E-state index in [0.717, 1.165) is 21.9 Å². The van der Waals surface area contributed by atoms with Gasteiger partial charge in [-0.25, -0.2) is 9.37 Å². The highest BCUT2D eigenvalue weighted by Crippen LogP contribution is 2.39. The molecule has 3 aromatic heterocycles. The molecule has 0 radical (unpaired) electrons. The second-order valence-electron chi connectivity index (χ2n) is 9.48. The number of hydrogen-bond acceptors (Lipinski definition) is 8. The number of thiazole rings is 1. The maximum Gasteiger partial charge on any atom is 0.228 e. The van der Waals surface area contributed by atoms with E-state index in [-0.39, 0.29) is 12.2 Å². The summed E-state index contributed by atoms with van der Waals surface area (Å²) in [5.74, 6) is 0.0885. The molecule has 0 spiro atoms. The molecule has 1 saturated carbocycles. The number of anilines is 2. The lowest BCUT2D eigenvalue weighted by Crippen LogP contribution is -2.43. The first-order chi connectivity index (χ1) is 17.4. The van der Waals surface area contributed by atoms with Crippen LogP contribution >= 0.6 is 22.9 Å². The van der Waals surface area contributed by atoms with Gasteiger partial charge in [0.15, 0.2) is 10.8 Å². The molecule has 0 amide bonds. The third-order valence-electron chi connectivity index (χ3n) is 6.68. The minimum absolute atomic E-state index is 0.0414. The Morgan fingerprint density at radius 2 is 2.06 bits per heavy atom. The second-order valence-corrected chi connectivity index (χ2v) is 10.9. The number of fused-ring (bicyclic) bond motifs is 1. The van der Waals surface area contributed by atoms with E-state index in [4.69, 9.17) is 31.3 Å². The molecule has 4 heterocycles. The van der Waals surface area contributed by atoms with Crippen molar-refractivity contribution in [2.75, 3.05) is 36.5 Å². The van der Waals surface area contributed by atoms with Gasteiger partial charge in [0, 0.05) is 42.5 Å². The van der Waals surface area contributed by atoms with Gasteiger partial charge in [-0.05, 0) is 44.9 Å². The highest BCUT2D eigenvalue weighted by molar-refractivity contribution is 7.22. The summed E-state index contributed by atoms with van der Waals surface area (Å²) in [6.07, 6.45) is 6.13. The molecule has 1 saturated heterocycles. The Bertz CT molecular complexity index is 1420. The first-order valence-corrected chi connectivity index (χ1v) is 13.4. The fourth-order valence-electron chi connectivity index (χ4n) is 4.46. The average Bonchev–Trinajstić information content (AvgIpc) is 3.42. The van der Waals surface area contributed by atoms with Crippen LogP contribution in [0.2, 0.25) is 5.02 Å². The van der Waals surface area contributed by atoms with Crippen LogP contribution < -0.4 is 9.80 Å². The van der Waals surface area contributed by atoms with E-state index in [0.29, 0.717) is 47.0 Å². The number of morpholine rings is 1. The number of ether oxygens (including phenoxy) is 1. The van der Waals surface area contributed by atoms with Crippen LogP contribution in [0.3, 0.4) is 0 Å². The van der Waals surface area contributed by atoms with Crippen molar-refractivity contribution >= 4 is 44.4 Å². The Hall–Kier alpha value is -2.82. The molecule has 1 aromatic carbocycles. The lowest BCUT2D eigenvalue weighted by Gasteiger charge is -2.36. The molecule has 1 aliphatic heterocycles. The molecule has 0 bridgehead atoms. The molecule has 36 heavy (non-hydrogen) atoms. The molecule has 4 aromatic rings. The summed E-state index contributed by atoms with van der Waals surface area (Å²) in [6.45, 7) is 6.08. The van der Waals surface area contributed by atoms with Gasteiger partial charge < -0.3 is 14.5 Å². The van der Waals surface area contributed by atoms with Gasteiger partial charge in [0.25, 0.3) is 0 Å². The molecule has 1 aliphatic carbocycles. The first-order valence-electron chi connectivity index (χ1n) is 12.2. The zero-order valence-electron chi connectivity index (χ0n) is 20.4. The number of halogens is 2. The van der Waals surface area contributed by atoms with Gasteiger partial charge in [0.2, 0.25) is 5.95 Å². The third kappa shape index (κ3) is 4.42. The van der Waals surface area contributed by atoms with Crippen molar-refractivity contribution in [3.05, 3.63) is 47.0 Å². The molecular weight excluding hydrogens is 501 g/mol. The standard InChI is InChI=1S/C25H27ClFN7OS/c1-4-32(3)25-31-23-22(36-25)21(18-8-5-16(26)9-19(18)27)29-24(30-23)33-11-14(2)35-20(13-33)15-10-28-34(12-15)17-6-7-17/h5,8-10,12,14,17,20H,4,6-7,11,13H2,1-3H3/t14-,20+/m1/s1. The van der Waals surface area contributed by atoms with Crippen LogP contribution in [0.4, 0.5) is 15.5 Å². The Labute approximate surface area is 217 Å². The zero-order chi connectivity index (χ0) is 25.0. The minimum atomic E-state index is -0.423. The van der Waals surface area contributed by atoms with Gasteiger partial charge in [-0.3, -0.25) is 4.68 Å². The summed E-state index contributed by atoms with van der Waals surface area (Å²) in [6, 6.07) is 5.18. The van der Waals surface area contributed by atoms with Crippen molar-refractivity contribution in [2.24, 2.45) is 0 Å². The van der Waals surface area contributed by atoms with Gasteiger partial charge in [0.1, 0.15) is 16.6 Å². The van der Waals surface area contributed by atoms with Crippen LogP contribution in [0, 0.1) is 5.82 Å². The highest BCUT2D eigenvalue weighted by atomic mass is 35.5. The molecule has 8 nitrogen and oxygen atoms in total. The molecule has 2 aliphatic rings. The zero-order valence-corrected chi connectivity index (χ0v) is 21.9. The Kier molecular flexibility index (Phi) is 6.05. The van der Waals surface area contributed by atoms with Crippen LogP contribution in [-0.2, 0) is 4.74 Å². The van der Waals surface area contributed by atoms with Crippen molar-refractivity contribution in [2.45, 2.75) is 44.9 Å². The largest absolute Gasteiger partial charge is 0.367 e. The fraction of sp³-hybridized carbons (Fsp3) is 0.440. The van der Waals surface area contributed by atoms with Crippen molar-refractivity contribution < 1.29 is 9.13 Å². The number of nitrogens with zero attached hydrogens (tertiary/aromatic N) is 7. The average molecular weight is 528 g/mol. The summed E-state index contributed by atoms with van der Waals surface area (Å²) in [5, 5.41) is 5.69. The Balaban J connectivity index is 1.41. The number of benzene rings is 1. The predicted molar refractivity (Wildman–Crippen MR) is 141 cm³/mol. The summed E-state index contributed by atoms with van der Waals surface area (Å²) >= 11 is 7.50. The van der Waals surface area contributed by atoms with Crippen molar-refractivity contribution in [3.8, 4) is 11.3 Å². The van der Waals surface area contributed by atoms with E-state index in [1.807, 2.05) is 29.7 Å². The molecule has 0 N–H and O–H groups in total. The molecule has 188 valence electrons. The summed E-state index contributed by atoms with van der Waals surface area (Å²) < 4.78 is 24.1. The summed E-state index contributed by atoms with van der Waals surface area (Å²) in [7, 11) is 1.98. The smallest absolute Gasteiger partial charge is 0.228 e. The van der Waals surface area contributed by atoms with E-state index in [2.05, 4.69) is 23.1 Å². The number of rotatable bonds is 6. The van der Waals surface area contributed by atoms with Gasteiger partial charge in [0.05, 0.1) is 30.6 Å². The van der Waals surface area contributed by atoms with Gasteiger partial charge >= 0.3 is 0 Å². The summed E-state index contributed by atoms with van der Waals surface area (Å²) in [5.41, 5.74) is 2.51. The van der Waals surface area contributed by atoms with Crippen LogP contribution in [0.15, 0.2) is 30.6 Å². The molecule has 0 unspecified atom stereocenters. The maximum absolute atomic E-state index is 15.1. The predicted octanol–water partition coefficient (Wildman–Crippen LogP) is 5.50. The van der Waals surface area contributed by atoms with Crippen LogP contribution in [0.1, 0.15) is 44.4 Å². The fourth-order valence-corrected chi connectivity index (χ4v) is 5.66. The molecule has 6 rings (SSSR count). The molecule has 11 heteroatoms. The van der Waals surface area contributed by atoms with Crippen LogP contribution in [0.25, 0.3) is 21.6 Å². The van der Waals surface area contributed by atoms with E-state index in [1.54, 1.807) is 12.1 Å². The maximum atomic E-state index is 15.1. The van der Waals surface area contributed by atoms with Gasteiger partial charge in [-0.2, -0.15) is 15.1 Å². The normalized spacial score (nSPS) is 20.3. The molecular formula is C25H27ClFN7OS. The highest BCUT2D eigenvalue weighted by Gasteiger charge is 2.32. The topological polar surface area (TPSA) is 72.2 Å². The van der Waals surface area contributed by atoms with Gasteiger partial charge in [-0.15, -0.1) is 0 Å². The SMILES string of the molecule is CCN(C)c1nc2nc(N3C[C@@H](C)O[C@H](c4cnn(C5CC5)c4)C3)nc(-c3ccc(Cl)cc3F)c2s1. The minimum Gasteiger partial charge on any atom is -0.367 e. The van der Waals surface area contributed by atoms with E-state index < -0.39 is 5.82 Å². The number of aromatic nitrogens is 5. The Morgan fingerprint density at radius 3 is 2.81 bits per heavy atom. The second kappa shape index (κ2) is 9.24. The van der Waals surface area contributed by atoms with Crippen LogP contribution in [0.5, 0.6) is 0 Å². The molecule has 2 fully saturated rings. The van der Waals surface area contributed by atoms with Gasteiger partial charge in [-0.1, -0.05) is 22.9 Å². The van der Waals surface area contributed by atoms with E-state index >= 15 is 4.39 Å². The third-order valence-corrected chi connectivity index (χ3v) is 8.08. The van der Waals surface area contributed by atoms with E-state index in [9.17, 15) is 0 Å². The Morgan fingerprint density at radius 1 is 1.22 bits per heavy atom. The van der Waals surface area contributed by atoms with E-state index in [1.165, 1.54) is 30.2 Å². The first kappa shape index (κ1) is 23.6. The van der Waals surface area contributed by atoms with Crippen molar-refractivity contribution in [1.82, 2.24) is 24.7 Å². The summed E-state index contributed by atoms with van der Waals surface area (Å²) in [4.78, 5) is 18.7. The number of hydrogen-bond donors (Lipinski definition) is 0. The van der Waals surface area contributed by atoms with Crippen molar-refractivity contribution in [3.63, 3.8) is 0 Å². The monoisotopic (exact) mass is 527 g/mol. The molecule has 2 atom stereocenters. The lowest BCUT2D eigenvalue weighted by atomic mass is 10.1. The lowest BCUT2D eigenvalue weighted by molar-refractivity contribution is -0.0178. The quantitative estimate of drug-likeness (QED) is 0.328.